The fourth-order valence-corrected chi connectivity index (χ4v) is 2.88. The van der Waals surface area contributed by atoms with Crippen molar-refractivity contribution in [3.8, 4) is 11.4 Å². The molecule has 0 saturated heterocycles. The summed E-state index contributed by atoms with van der Waals surface area (Å²) in [7, 11) is 0. The molecular formula is C21H15FN3O2+. The highest BCUT2D eigenvalue weighted by Gasteiger charge is 2.22. The lowest BCUT2D eigenvalue weighted by Gasteiger charge is -2.08. The SMILES string of the molecule is O=C(Nn1c(-c2ccccc2)[nH+]c2ccccc2c1=O)c1cccc(F)c1. The maximum Gasteiger partial charge on any atom is 0.369 e. The molecule has 0 atom stereocenters. The van der Waals surface area contributed by atoms with Crippen LogP contribution in [-0.2, 0) is 0 Å². The molecule has 1 aromatic heterocycles. The van der Waals surface area contributed by atoms with Crippen LogP contribution in [0.1, 0.15) is 10.4 Å². The minimum Gasteiger partial charge on any atom is -0.266 e. The molecule has 132 valence electrons. The molecule has 2 N–H and O–H groups in total. The van der Waals surface area contributed by atoms with E-state index in [1.165, 1.54) is 18.2 Å². The van der Waals surface area contributed by atoms with E-state index in [9.17, 15) is 14.0 Å². The molecule has 4 rings (SSSR count). The molecule has 3 aromatic carbocycles. The van der Waals surface area contributed by atoms with Crippen LogP contribution in [0.5, 0.6) is 0 Å². The standard InChI is InChI=1S/C21H14FN3O2/c22-16-10-6-9-15(13-16)20(26)24-25-19(14-7-2-1-3-8-14)23-18-12-5-4-11-17(18)21(25)27/h1-13H,(H,24,26)/p+1. The van der Waals surface area contributed by atoms with Crippen LogP contribution in [0.25, 0.3) is 22.3 Å². The van der Waals surface area contributed by atoms with E-state index in [0.29, 0.717) is 16.7 Å². The molecule has 0 radical (unpaired) electrons. The zero-order chi connectivity index (χ0) is 18.8. The van der Waals surface area contributed by atoms with E-state index >= 15 is 0 Å². The maximum atomic E-state index is 13.4. The first-order valence-corrected chi connectivity index (χ1v) is 8.33. The number of nitrogens with zero attached hydrogens (tertiary/aromatic N) is 1. The summed E-state index contributed by atoms with van der Waals surface area (Å²) in [6.45, 7) is 0. The van der Waals surface area contributed by atoms with Gasteiger partial charge in [0, 0.05) is 5.56 Å². The van der Waals surface area contributed by atoms with Crippen molar-refractivity contribution in [2.75, 3.05) is 5.43 Å². The van der Waals surface area contributed by atoms with Gasteiger partial charge in [-0.25, -0.2) is 14.2 Å². The Morgan fingerprint density at radius 2 is 1.67 bits per heavy atom. The van der Waals surface area contributed by atoms with Crippen molar-refractivity contribution in [3.63, 3.8) is 0 Å². The molecule has 1 heterocycles. The largest absolute Gasteiger partial charge is 0.369 e. The van der Waals surface area contributed by atoms with Gasteiger partial charge in [0.1, 0.15) is 16.7 Å². The Morgan fingerprint density at radius 1 is 0.926 bits per heavy atom. The molecule has 0 aliphatic carbocycles. The van der Waals surface area contributed by atoms with E-state index in [1.807, 2.05) is 36.4 Å². The summed E-state index contributed by atoms with van der Waals surface area (Å²) in [4.78, 5) is 28.8. The van der Waals surface area contributed by atoms with Gasteiger partial charge in [-0.2, -0.15) is 5.43 Å². The van der Waals surface area contributed by atoms with E-state index in [4.69, 9.17) is 0 Å². The van der Waals surface area contributed by atoms with Gasteiger partial charge in [-0.3, -0.25) is 4.79 Å². The summed E-state index contributed by atoms with van der Waals surface area (Å²) in [6, 6.07) is 21.5. The lowest BCUT2D eigenvalue weighted by atomic mass is 10.2. The van der Waals surface area contributed by atoms with Crippen LogP contribution in [0.2, 0.25) is 0 Å². The van der Waals surface area contributed by atoms with E-state index in [1.54, 1.807) is 18.2 Å². The molecule has 0 spiro atoms. The number of hydrogen-bond donors (Lipinski definition) is 1. The third-order valence-electron chi connectivity index (χ3n) is 4.18. The van der Waals surface area contributed by atoms with Crippen molar-refractivity contribution in [2.45, 2.75) is 0 Å². The number of hydrogen-bond acceptors (Lipinski definition) is 2. The van der Waals surface area contributed by atoms with Gasteiger partial charge in [0.05, 0.1) is 5.56 Å². The summed E-state index contributed by atoms with van der Waals surface area (Å²) in [5.41, 5.74) is 3.69. The third-order valence-corrected chi connectivity index (χ3v) is 4.18. The normalized spacial score (nSPS) is 10.7. The highest BCUT2D eigenvalue weighted by Crippen LogP contribution is 2.14. The molecule has 1 amide bonds. The molecule has 0 unspecified atom stereocenters. The van der Waals surface area contributed by atoms with Crippen LogP contribution in [0, 0.1) is 5.82 Å². The van der Waals surface area contributed by atoms with Crippen LogP contribution >= 0.6 is 0 Å². The topological polar surface area (TPSA) is 65.2 Å². The molecule has 5 nitrogen and oxygen atoms in total. The summed E-state index contributed by atoms with van der Waals surface area (Å²) in [5, 5.41) is 0.428. The Bertz CT molecular complexity index is 1200. The van der Waals surface area contributed by atoms with Gasteiger partial charge >= 0.3 is 11.4 Å². The number of halogens is 1. The molecule has 4 aromatic rings. The molecule has 0 bridgehead atoms. The number of rotatable bonds is 3. The number of para-hydroxylation sites is 1. The lowest BCUT2D eigenvalue weighted by Crippen LogP contribution is -2.38. The molecule has 27 heavy (non-hydrogen) atoms. The zero-order valence-electron chi connectivity index (χ0n) is 14.1. The number of amides is 1. The Kier molecular flexibility index (Phi) is 4.22. The molecule has 0 aliphatic heterocycles. The maximum absolute atomic E-state index is 13.4. The fraction of sp³-hybridized carbons (Fsp3) is 0. The van der Waals surface area contributed by atoms with Gasteiger partial charge in [0.2, 0.25) is 0 Å². The Morgan fingerprint density at radius 3 is 2.44 bits per heavy atom. The van der Waals surface area contributed by atoms with Crippen LogP contribution < -0.4 is 16.0 Å². The number of aromatic nitrogens is 2. The lowest BCUT2D eigenvalue weighted by molar-refractivity contribution is -0.337. The third kappa shape index (κ3) is 3.20. The molecular weight excluding hydrogens is 345 g/mol. The summed E-state index contributed by atoms with van der Waals surface area (Å²) in [6.07, 6.45) is 0. The average molecular weight is 360 g/mol. The zero-order valence-corrected chi connectivity index (χ0v) is 14.1. The first-order chi connectivity index (χ1) is 13.1. The van der Waals surface area contributed by atoms with E-state index in [-0.39, 0.29) is 11.1 Å². The number of aromatic amines is 1. The molecule has 0 aliphatic rings. The van der Waals surface area contributed by atoms with Crippen molar-refractivity contribution in [1.29, 1.82) is 0 Å². The van der Waals surface area contributed by atoms with Crippen molar-refractivity contribution < 1.29 is 14.2 Å². The average Bonchev–Trinajstić information content (AvgIpc) is 2.70. The first kappa shape index (κ1) is 16.7. The Labute approximate surface area is 153 Å². The summed E-state index contributed by atoms with van der Waals surface area (Å²) >= 11 is 0. The number of carbonyl (C=O) groups is 1. The van der Waals surface area contributed by atoms with Crippen LogP contribution in [0.3, 0.4) is 0 Å². The van der Waals surface area contributed by atoms with Crippen molar-refractivity contribution in [1.82, 2.24) is 4.68 Å². The quantitative estimate of drug-likeness (QED) is 0.610. The summed E-state index contributed by atoms with van der Waals surface area (Å²) in [5.74, 6) is -0.690. The highest BCUT2D eigenvalue weighted by molar-refractivity contribution is 6.00. The van der Waals surface area contributed by atoms with E-state index in [2.05, 4.69) is 10.4 Å². The summed E-state index contributed by atoms with van der Waals surface area (Å²) < 4.78 is 14.6. The highest BCUT2D eigenvalue weighted by atomic mass is 19.1. The Hall–Kier alpha value is -3.80. The van der Waals surface area contributed by atoms with Crippen LogP contribution in [0.4, 0.5) is 4.39 Å². The number of nitrogens with one attached hydrogen (secondary N) is 2. The minimum atomic E-state index is -0.586. The second-order valence-electron chi connectivity index (χ2n) is 5.98. The number of fused-ring (bicyclic) bond motifs is 1. The minimum absolute atomic E-state index is 0.120. The second kappa shape index (κ2) is 6.84. The molecule has 6 heteroatoms. The Balaban J connectivity index is 1.89. The smallest absolute Gasteiger partial charge is 0.266 e. The number of H-pyrrole nitrogens is 1. The van der Waals surface area contributed by atoms with Gasteiger partial charge in [0.25, 0.3) is 5.91 Å². The molecule has 0 saturated carbocycles. The predicted molar refractivity (Wildman–Crippen MR) is 100 cm³/mol. The van der Waals surface area contributed by atoms with Crippen molar-refractivity contribution in [2.24, 2.45) is 0 Å². The van der Waals surface area contributed by atoms with Crippen LogP contribution in [-0.4, -0.2) is 10.6 Å². The van der Waals surface area contributed by atoms with Gasteiger partial charge < -0.3 is 0 Å². The monoisotopic (exact) mass is 360 g/mol. The number of benzene rings is 3. The number of carbonyl (C=O) groups excluding carboxylic acids is 1. The van der Waals surface area contributed by atoms with Gasteiger partial charge in [-0.15, -0.1) is 0 Å². The van der Waals surface area contributed by atoms with Gasteiger partial charge in [0.15, 0.2) is 0 Å². The first-order valence-electron chi connectivity index (χ1n) is 8.33. The van der Waals surface area contributed by atoms with Crippen LogP contribution in [0.15, 0.2) is 83.7 Å². The van der Waals surface area contributed by atoms with Gasteiger partial charge in [-0.05, 0) is 42.5 Å². The van der Waals surface area contributed by atoms with Crippen molar-refractivity contribution >= 4 is 16.8 Å². The van der Waals surface area contributed by atoms with Gasteiger partial charge in [-0.1, -0.05) is 41.1 Å². The molecule has 0 fully saturated rings. The van der Waals surface area contributed by atoms with E-state index < -0.39 is 11.7 Å². The van der Waals surface area contributed by atoms with Crippen molar-refractivity contribution in [3.05, 3.63) is 101 Å². The predicted octanol–water partition coefficient (Wildman–Crippen LogP) is 3.01. The fourth-order valence-electron chi connectivity index (χ4n) is 2.88. The second-order valence-corrected chi connectivity index (χ2v) is 5.98. The van der Waals surface area contributed by atoms with E-state index in [0.717, 1.165) is 16.3 Å².